The van der Waals surface area contributed by atoms with Gasteiger partial charge in [0.1, 0.15) is 11.3 Å². The Kier molecular flexibility index (Phi) is 4.18. The second-order valence-corrected chi connectivity index (χ2v) is 7.96. The second kappa shape index (κ2) is 5.99. The van der Waals surface area contributed by atoms with Crippen LogP contribution in [0.2, 0.25) is 5.02 Å². The van der Waals surface area contributed by atoms with Crippen molar-refractivity contribution < 1.29 is 13.2 Å². The number of sulfonamides is 1. The van der Waals surface area contributed by atoms with Gasteiger partial charge in [0.15, 0.2) is 5.13 Å². The van der Waals surface area contributed by atoms with Crippen molar-refractivity contribution in [2.75, 3.05) is 11.8 Å². The molecule has 0 atom stereocenters. The smallest absolute Gasteiger partial charge is 0.263 e. The van der Waals surface area contributed by atoms with Gasteiger partial charge in [0, 0.05) is 5.02 Å². The van der Waals surface area contributed by atoms with Crippen molar-refractivity contribution in [1.82, 2.24) is 4.98 Å². The van der Waals surface area contributed by atoms with E-state index in [0.717, 1.165) is 10.3 Å². The molecule has 0 bridgehead atoms. The van der Waals surface area contributed by atoms with Gasteiger partial charge in [-0.05, 0) is 42.8 Å². The van der Waals surface area contributed by atoms with Gasteiger partial charge in [0.05, 0.1) is 16.7 Å². The number of rotatable bonds is 4. The van der Waals surface area contributed by atoms with Crippen LogP contribution >= 0.6 is 22.9 Å². The number of ether oxygens (including phenoxy) is 1. The lowest BCUT2D eigenvalue weighted by Crippen LogP contribution is -2.12. The Bertz CT molecular complexity index is 966. The molecule has 0 aliphatic carbocycles. The van der Waals surface area contributed by atoms with Gasteiger partial charge in [0.25, 0.3) is 10.0 Å². The van der Waals surface area contributed by atoms with Crippen molar-refractivity contribution in [3.8, 4) is 5.75 Å². The third-order valence-electron chi connectivity index (χ3n) is 3.27. The number of hydrogen-bond donors (Lipinski definition) is 1. The van der Waals surface area contributed by atoms with E-state index >= 15 is 0 Å². The number of anilines is 1. The van der Waals surface area contributed by atoms with E-state index in [1.54, 1.807) is 7.11 Å². The number of aromatic nitrogens is 1. The van der Waals surface area contributed by atoms with Crippen molar-refractivity contribution in [3.63, 3.8) is 0 Å². The summed E-state index contributed by atoms with van der Waals surface area (Å²) < 4.78 is 33.5. The lowest BCUT2D eigenvalue weighted by atomic mass is 10.2. The van der Waals surface area contributed by atoms with Crippen molar-refractivity contribution in [2.45, 2.75) is 11.8 Å². The first-order valence-electron chi connectivity index (χ1n) is 6.63. The minimum absolute atomic E-state index is 0.129. The molecule has 0 amide bonds. The molecule has 3 rings (SSSR count). The maximum atomic E-state index is 12.4. The van der Waals surface area contributed by atoms with Crippen LogP contribution in [-0.4, -0.2) is 20.5 Å². The predicted octanol–water partition coefficient (Wildman–Crippen LogP) is 4.07. The van der Waals surface area contributed by atoms with E-state index in [9.17, 15) is 8.42 Å². The van der Waals surface area contributed by atoms with Crippen LogP contribution in [0.15, 0.2) is 41.3 Å². The first kappa shape index (κ1) is 16.0. The number of benzene rings is 2. The summed E-state index contributed by atoms with van der Waals surface area (Å²) in [4.78, 5) is 4.48. The molecule has 2 aromatic carbocycles. The number of nitrogens with zero attached hydrogens (tertiary/aromatic N) is 1. The molecule has 23 heavy (non-hydrogen) atoms. The van der Waals surface area contributed by atoms with Crippen LogP contribution in [0, 0.1) is 6.92 Å². The Balaban J connectivity index is 2.01. The van der Waals surface area contributed by atoms with Crippen molar-refractivity contribution in [3.05, 3.63) is 47.0 Å². The summed E-state index contributed by atoms with van der Waals surface area (Å²) in [5.74, 6) is 0.610. The molecule has 0 saturated carbocycles. The van der Waals surface area contributed by atoms with Crippen LogP contribution in [0.4, 0.5) is 5.13 Å². The summed E-state index contributed by atoms with van der Waals surface area (Å²) in [5.41, 5.74) is 1.65. The first-order valence-corrected chi connectivity index (χ1v) is 9.31. The molecule has 8 heteroatoms. The van der Waals surface area contributed by atoms with Gasteiger partial charge in [-0.3, -0.25) is 4.72 Å². The Morgan fingerprint density at radius 3 is 2.52 bits per heavy atom. The highest BCUT2D eigenvalue weighted by Crippen LogP contribution is 2.35. The maximum Gasteiger partial charge on any atom is 0.263 e. The third-order valence-corrected chi connectivity index (χ3v) is 6.11. The lowest BCUT2D eigenvalue weighted by Gasteiger charge is -2.04. The maximum absolute atomic E-state index is 12.4. The number of nitrogens with one attached hydrogen (secondary N) is 1. The summed E-state index contributed by atoms with van der Waals surface area (Å²) in [6.07, 6.45) is 0. The molecule has 0 fully saturated rings. The molecule has 0 unspecified atom stereocenters. The highest BCUT2D eigenvalue weighted by atomic mass is 35.5. The molecule has 3 aromatic rings. The predicted molar refractivity (Wildman–Crippen MR) is 93.2 cm³/mol. The van der Waals surface area contributed by atoms with E-state index in [0.29, 0.717) is 21.4 Å². The van der Waals surface area contributed by atoms with Crippen molar-refractivity contribution >= 4 is 48.3 Å². The normalized spacial score (nSPS) is 11.6. The Morgan fingerprint density at radius 2 is 1.87 bits per heavy atom. The van der Waals surface area contributed by atoms with E-state index in [1.807, 2.05) is 19.1 Å². The number of aryl methyl sites for hydroxylation is 1. The van der Waals surface area contributed by atoms with Crippen LogP contribution in [0.25, 0.3) is 10.2 Å². The standard InChI is InChI=1S/C15H13ClN2O3S2/c1-9-3-8-12(21-2)13-14(9)22-15(17-13)18-23(19,20)11-6-4-10(16)5-7-11/h3-8H,1-2H3,(H,17,18). The first-order chi connectivity index (χ1) is 10.9. The summed E-state index contributed by atoms with van der Waals surface area (Å²) in [6.45, 7) is 1.94. The van der Waals surface area contributed by atoms with Gasteiger partial charge in [-0.25, -0.2) is 13.4 Å². The van der Waals surface area contributed by atoms with Crippen LogP contribution in [0.5, 0.6) is 5.75 Å². The fourth-order valence-electron chi connectivity index (χ4n) is 2.11. The third kappa shape index (κ3) is 3.12. The quantitative estimate of drug-likeness (QED) is 0.753. The zero-order valence-electron chi connectivity index (χ0n) is 12.3. The average molecular weight is 369 g/mol. The number of thiazole rings is 1. The van der Waals surface area contributed by atoms with Crippen molar-refractivity contribution in [1.29, 1.82) is 0 Å². The van der Waals surface area contributed by atoms with E-state index in [-0.39, 0.29) is 4.90 Å². The van der Waals surface area contributed by atoms with Gasteiger partial charge < -0.3 is 4.74 Å². The molecule has 0 saturated heterocycles. The Hall–Kier alpha value is -1.83. The molecule has 0 aliphatic heterocycles. The van der Waals surface area contributed by atoms with Gasteiger partial charge in [0.2, 0.25) is 0 Å². The van der Waals surface area contributed by atoms with Crippen LogP contribution in [0.1, 0.15) is 5.56 Å². The monoisotopic (exact) mass is 368 g/mol. The zero-order valence-corrected chi connectivity index (χ0v) is 14.7. The second-order valence-electron chi connectivity index (χ2n) is 4.84. The number of methoxy groups -OCH3 is 1. The SMILES string of the molecule is COc1ccc(C)c2sc(NS(=O)(=O)c3ccc(Cl)cc3)nc12. The number of fused-ring (bicyclic) bond motifs is 1. The van der Waals surface area contributed by atoms with E-state index in [4.69, 9.17) is 16.3 Å². The molecule has 1 aromatic heterocycles. The molecule has 0 radical (unpaired) electrons. The summed E-state index contributed by atoms with van der Waals surface area (Å²) in [6, 6.07) is 9.68. The largest absolute Gasteiger partial charge is 0.494 e. The van der Waals surface area contributed by atoms with E-state index in [2.05, 4.69) is 9.71 Å². The van der Waals surface area contributed by atoms with Crippen LogP contribution < -0.4 is 9.46 Å². The summed E-state index contributed by atoms with van der Waals surface area (Å²) >= 11 is 7.06. The molecule has 120 valence electrons. The highest BCUT2D eigenvalue weighted by Gasteiger charge is 2.18. The molecule has 0 spiro atoms. The van der Waals surface area contributed by atoms with Crippen molar-refractivity contribution in [2.24, 2.45) is 0 Å². The van der Waals surface area contributed by atoms with E-state index in [1.165, 1.54) is 35.6 Å². The minimum Gasteiger partial charge on any atom is -0.494 e. The molecule has 0 aliphatic rings. The Morgan fingerprint density at radius 1 is 1.17 bits per heavy atom. The molecular formula is C15H13ClN2O3S2. The zero-order chi connectivity index (χ0) is 16.6. The van der Waals surface area contributed by atoms with Gasteiger partial charge in [-0.1, -0.05) is 29.0 Å². The summed E-state index contributed by atoms with van der Waals surface area (Å²) in [5, 5.41) is 0.770. The Labute approximate surface area is 142 Å². The van der Waals surface area contributed by atoms with Crippen LogP contribution in [0.3, 0.4) is 0 Å². The molecule has 1 heterocycles. The fourth-order valence-corrected chi connectivity index (χ4v) is 4.42. The van der Waals surface area contributed by atoms with Gasteiger partial charge in [-0.2, -0.15) is 0 Å². The molecule has 1 N–H and O–H groups in total. The molecule has 5 nitrogen and oxygen atoms in total. The lowest BCUT2D eigenvalue weighted by molar-refractivity contribution is 0.419. The summed E-state index contributed by atoms with van der Waals surface area (Å²) in [7, 11) is -2.16. The number of hydrogen-bond acceptors (Lipinski definition) is 5. The molecular weight excluding hydrogens is 356 g/mol. The fraction of sp³-hybridized carbons (Fsp3) is 0.133. The average Bonchev–Trinajstić information content (AvgIpc) is 2.92. The topological polar surface area (TPSA) is 68.3 Å². The van der Waals surface area contributed by atoms with Crippen LogP contribution in [-0.2, 0) is 10.0 Å². The van der Waals surface area contributed by atoms with Gasteiger partial charge in [-0.15, -0.1) is 0 Å². The minimum atomic E-state index is -3.71. The number of halogens is 1. The van der Waals surface area contributed by atoms with Gasteiger partial charge >= 0.3 is 0 Å². The van der Waals surface area contributed by atoms with E-state index < -0.39 is 10.0 Å². The highest BCUT2D eigenvalue weighted by molar-refractivity contribution is 7.93.